The molecule has 0 aromatic carbocycles. The van der Waals surface area contributed by atoms with E-state index in [-0.39, 0.29) is 0 Å². The van der Waals surface area contributed by atoms with Crippen LogP contribution in [-0.2, 0) is 0 Å². The summed E-state index contributed by atoms with van der Waals surface area (Å²) in [5.74, 6) is 1.37. The van der Waals surface area contributed by atoms with Crippen LogP contribution >= 0.6 is 0 Å². The van der Waals surface area contributed by atoms with Crippen molar-refractivity contribution < 1.29 is 5.21 Å². The first-order chi connectivity index (χ1) is 7.81. The van der Waals surface area contributed by atoms with Gasteiger partial charge in [-0.2, -0.15) is 0 Å². The molecular formula is C13H22N2O. The maximum absolute atomic E-state index is 9.24. The van der Waals surface area contributed by atoms with Crippen LogP contribution in [-0.4, -0.2) is 34.4 Å². The Balaban J connectivity index is 1.82. The van der Waals surface area contributed by atoms with Gasteiger partial charge < -0.3 is 5.21 Å². The van der Waals surface area contributed by atoms with E-state index in [4.69, 9.17) is 0 Å². The Morgan fingerprint density at radius 2 is 2.12 bits per heavy atom. The number of oxime groups is 1. The Morgan fingerprint density at radius 1 is 1.25 bits per heavy atom. The molecule has 90 valence electrons. The molecule has 3 heteroatoms. The maximum atomic E-state index is 9.24. The Morgan fingerprint density at radius 3 is 2.88 bits per heavy atom. The van der Waals surface area contributed by atoms with Gasteiger partial charge in [-0.25, -0.2) is 0 Å². The van der Waals surface area contributed by atoms with E-state index in [1.165, 1.54) is 45.1 Å². The highest BCUT2D eigenvalue weighted by atomic mass is 16.4. The van der Waals surface area contributed by atoms with Crippen molar-refractivity contribution in [2.75, 3.05) is 6.54 Å². The van der Waals surface area contributed by atoms with E-state index in [1.807, 2.05) is 0 Å². The van der Waals surface area contributed by atoms with Crippen molar-refractivity contribution in [3.63, 3.8) is 0 Å². The lowest BCUT2D eigenvalue weighted by atomic mass is 9.89. The van der Waals surface area contributed by atoms with Crippen LogP contribution in [0.1, 0.15) is 45.4 Å². The van der Waals surface area contributed by atoms with E-state index >= 15 is 0 Å². The summed E-state index contributed by atoms with van der Waals surface area (Å²) in [6, 6.07) is 1.15. The molecule has 4 atom stereocenters. The van der Waals surface area contributed by atoms with E-state index in [0.29, 0.717) is 18.0 Å². The van der Waals surface area contributed by atoms with Crippen LogP contribution in [0, 0.1) is 11.8 Å². The Bertz CT molecular complexity index is 302. The second-order valence-corrected chi connectivity index (χ2v) is 5.82. The summed E-state index contributed by atoms with van der Waals surface area (Å²) in [6.45, 7) is 3.54. The van der Waals surface area contributed by atoms with Crippen molar-refractivity contribution in [3.05, 3.63) is 0 Å². The van der Waals surface area contributed by atoms with Gasteiger partial charge in [-0.05, 0) is 51.5 Å². The molecule has 1 heterocycles. The zero-order valence-corrected chi connectivity index (χ0v) is 10.1. The minimum absolute atomic E-state index is 0.471. The van der Waals surface area contributed by atoms with Crippen molar-refractivity contribution in [3.8, 4) is 0 Å². The summed E-state index contributed by atoms with van der Waals surface area (Å²) in [5, 5.41) is 12.9. The lowest BCUT2D eigenvalue weighted by Gasteiger charge is -2.41. The summed E-state index contributed by atoms with van der Waals surface area (Å²) in [4.78, 5) is 2.61. The number of likely N-dealkylation sites (tertiary alicyclic amines) is 1. The van der Waals surface area contributed by atoms with Crippen LogP contribution in [0.2, 0.25) is 0 Å². The molecule has 0 spiro atoms. The fraction of sp³-hybridized carbons (Fsp3) is 0.923. The van der Waals surface area contributed by atoms with Gasteiger partial charge in [0, 0.05) is 12.0 Å². The molecule has 16 heavy (non-hydrogen) atoms. The van der Waals surface area contributed by atoms with E-state index in [2.05, 4.69) is 17.0 Å². The molecule has 1 aliphatic heterocycles. The molecule has 3 fully saturated rings. The maximum Gasteiger partial charge on any atom is 0.0775 e. The highest BCUT2D eigenvalue weighted by Crippen LogP contribution is 2.46. The second-order valence-electron chi connectivity index (χ2n) is 5.82. The first kappa shape index (κ1) is 10.6. The number of rotatable bonds is 1. The van der Waals surface area contributed by atoms with Crippen molar-refractivity contribution in [2.24, 2.45) is 17.0 Å². The predicted octanol–water partition coefficient (Wildman–Crippen LogP) is 2.49. The average Bonchev–Trinajstić information content (AvgIpc) is 2.89. The van der Waals surface area contributed by atoms with E-state index in [1.54, 1.807) is 0 Å². The molecule has 2 bridgehead atoms. The summed E-state index contributed by atoms with van der Waals surface area (Å²) in [6.07, 6.45) is 7.86. The molecule has 0 aromatic heterocycles. The molecule has 0 unspecified atom stereocenters. The van der Waals surface area contributed by atoms with Crippen LogP contribution < -0.4 is 0 Å². The molecule has 1 N–H and O–H groups in total. The van der Waals surface area contributed by atoms with Gasteiger partial charge in [0.1, 0.15) is 0 Å². The van der Waals surface area contributed by atoms with Gasteiger partial charge >= 0.3 is 0 Å². The monoisotopic (exact) mass is 222 g/mol. The summed E-state index contributed by atoms with van der Waals surface area (Å²) >= 11 is 0. The van der Waals surface area contributed by atoms with Crippen LogP contribution in [0.15, 0.2) is 5.16 Å². The molecule has 2 aliphatic carbocycles. The normalized spacial score (nSPS) is 46.7. The SMILES string of the molecule is C[C@H]1CCCCN1[C@H]1/C(=N\O)[C@H]2CC[C@H]1C2. The Labute approximate surface area is 97.5 Å². The number of fused-ring (bicyclic) bond motifs is 2. The van der Waals surface area contributed by atoms with Crippen LogP contribution in [0.3, 0.4) is 0 Å². The number of nitrogens with zero attached hydrogens (tertiary/aromatic N) is 2. The Kier molecular flexibility index (Phi) is 2.66. The number of hydrogen-bond acceptors (Lipinski definition) is 3. The lowest BCUT2D eigenvalue weighted by Crippen LogP contribution is -2.51. The van der Waals surface area contributed by atoms with Gasteiger partial charge in [0.15, 0.2) is 0 Å². The van der Waals surface area contributed by atoms with Gasteiger partial charge in [0.25, 0.3) is 0 Å². The third-order valence-electron chi connectivity index (χ3n) is 4.97. The topological polar surface area (TPSA) is 35.8 Å². The lowest BCUT2D eigenvalue weighted by molar-refractivity contribution is 0.108. The summed E-state index contributed by atoms with van der Waals surface area (Å²) < 4.78 is 0. The van der Waals surface area contributed by atoms with Gasteiger partial charge in [-0.3, -0.25) is 4.90 Å². The van der Waals surface area contributed by atoms with Crippen molar-refractivity contribution in [2.45, 2.75) is 57.5 Å². The molecule has 0 amide bonds. The first-order valence-electron chi connectivity index (χ1n) is 6.79. The van der Waals surface area contributed by atoms with Crippen molar-refractivity contribution in [1.82, 2.24) is 4.90 Å². The molecule has 3 aliphatic rings. The molecule has 0 radical (unpaired) electrons. The second kappa shape index (κ2) is 4.02. The zero-order valence-electron chi connectivity index (χ0n) is 10.1. The molecule has 3 rings (SSSR count). The molecule has 0 aromatic rings. The standard InChI is InChI=1S/C13H22N2O/c1-9-4-2-3-7-15(9)13-11-6-5-10(8-11)12(13)14-16/h9-11,13,16H,2-8H2,1H3/b14-12-/t9-,10-,11-,13+/m0/s1. The number of hydrogen-bond donors (Lipinski definition) is 1. The van der Waals surface area contributed by atoms with E-state index in [9.17, 15) is 5.21 Å². The molecule has 3 nitrogen and oxygen atoms in total. The highest BCUT2D eigenvalue weighted by molar-refractivity contribution is 5.94. The van der Waals surface area contributed by atoms with Gasteiger partial charge in [0.05, 0.1) is 11.8 Å². The van der Waals surface area contributed by atoms with Gasteiger partial charge in [-0.15, -0.1) is 0 Å². The van der Waals surface area contributed by atoms with Gasteiger partial charge in [0.2, 0.25) is 0 Å². The predicted molar refractivity (Wildman–Crippen MR) is 63.9 cm³/mol. The van der Waals surface area contributed by atoms with Crippen molar-refractivity contribution in [1.29, 1.82) is 0 Å². The third-order valence-corrected chi connectivity index (χ3v) is 4.97. The molecule has 2 saturated carbocycles. The molecular weight excluding hydrogens is 200 g/mol. The van der Waals surface area contributed by atoms with Crippen molar-refractivity contribution >= 4 is 5.71 Å². The average molecular weight is 222 g/mol. The zero-order chi connectivity index (χ0) is 11.1. The summed E-state index contributed by atoms with van der Waals surface area (Å²) in [7, 11) is 0. The fourth-order valence-corrected chi connectivity index (χ4v) is 4.17. The number of piperidine rings is 1. The quantitative estimate of drug-likeness (QED) is 0.546. The van der Waals surface area contributed by atoms with Crippen LogP contribution in [0.4, 0.5) is 0 Å². The van der Waals surface area contributed by atoms with E-state index < -0.39 is 0 Å². The minimum Gasteiger partial charge on any atom is -0.411 e. The van der Waals surface area contributed by atoms with E-state index in [0.717, 1.165) is 11.6 Å². The summed E-state index contributed by atoms with van der Waals surface area (Å²) in [5.41, 5.74) is 1.10. The minimum atomic E-state index is 0.471. The Hall–Kier alpha value is -0.570. The van der Waals surface area contributed by atoms with Crippen LogP contribution in [0.25, 0.3) is 0 Å². The highest BCUT2D eigenvalue weighted by Gasteiger charge is 2.49. The third kappa shape index (κ3) is 1.48. The fourth-order valence-electron chi connectivity index (χ4n) is 4.17. The first-order valence-corrected chi connectivity index (χ1v) is 6.79. The van der Waals surface area contributed by atoms with Crippen LogP contribution in [0.5, 0.6) is 0 Å². The molecule has 1 saturated heterocycles. The largest absolute Gasteiger partial charge is 0.411 e. The smallest absolute Gasteiger partial charge is 0.0775 e. The van der Waals surface area contributed by atoms with Gasteiger partial charge in [-0.1, -0.05) is 11.6 Å².